The minimum Gasteiger partial charge on any atom is -0.535 e. The molecule has 0 bridgehead atoms. The molecule has 0 spiro atoms. The first-order chi connectivity index (χ1) is 13.8. The third-order valence-corrected chi connectivity index (χ3v) is 6.25. The number of carboxylic acid groups (broad SMARTS) is 1. The number of carbonyl (C=O) groups excluding carboxylic acids is 1. The molecule has 1 aliphatic heterocycles. The normalized spacial score (nSPS) is 23.8. The molecule has 7 nitrogen and oxygen atoms in total. The molecule has 0 amide bonds. The summed E-state index contributed by atoms with van der Waals surface area (Å²) >= 11 is 0. The number of nitrogens with two attached hydrogens (primary N) is 1. The lowest BCUT2D eigenvalue weighted by Crippen LogP contribution is -2.36. The second-order valence-corrected chi connectivity index (χ2v) is 8.47. The van der Waals surface area contributed by atoms with Gasteiger partial charge in [0.15, 0.2) is 0 Å². The van der Waals surface area contributed by atoms with Crippen molar-refractivity contribution in [1.29, 1.82) is 5.41 Å². The van der Waals surface area contributed by atoms with E-state index in [4.69, 9.17) is 15.8 Å². The van der Waals surface area contributed by atoms with Crippen molar-refractivity contribution in [3.05, 3.63) is 29.3 Å². The van der Waals surface area contributed by atoms with E-state index in [0.29, 0.717) is 31.1 Å². The van der Waals surface area contributed by atoms with E-state index in [1.807, 2.05) is 0 Å². The molecular formula is C21H29BN2O5. The summed E-state index contributed by atoms with van der Waals surface area (Å²) in [6.07, 6.45) is 6.98. The molecule has 0 radical (unpaired) electrons. The van der Waals surface area contributed by atoms with Gasteiger partial charge < -0.3 is 20.5 Å². The summed E-state index contributed by atoms with van der Waals surface area (Å²) in [7, 11) is -1.17. The highest BCUT2D eigenvalue weighted by molar-refractivity contribution is 6.47. The highest BCUT2D eigenvalue weighted by Gasteiger charge is 2.38. The Labute approximate surface area is 171 Å². The molecule has 1 heterocycles. The number of carbonyl (C=O) groups is 2. The molecule has 1 aromatic carbocycles. The van der Waals surface area contributed by atoms with Crippen LogP contribution in [0.4, 0.5) is 0 Å². The molecule has 0 aromatic heterocycles. The number of rotatable bonds is 8. The van der Waals surface area contributed by atoms with E-state index in [-0.39, 0.29) is 35.2 Å². The predicted octanol–water partition coefficient (Wildman–Crippen LogP) is 3.04. The fourth-order valence-electron chi connectivity index (χ4n) is 4.61. The SMILES string of the molecule is N=C(N)CCC1CCC(CC(=O)C[C@H]2Cc3cccc(C(=O)O)c3OB2O)CC1. The van der Waals surface area contributed by atoms with Crippen LogP contribution in [-0.2, 0) is 11.2 Å². The van der Waals surface area contributed by atoms with Crippen LogP contribution in [0.2, 0.25) is 5.82 Å². The fourth-order valence-corrected chi connectivity index (χ4v) is 4.61. The summed E-state index contributed by atoms with van der Waals surface area (Å²) in [5.74, 6) is 0.103. The summed E-state index contributed by atoms with van der Waals surface area (Å²) in [5, 5.41) is 26.9. The average Bonchev–Trinajstić information content (AvgIpc) is 2.67. The molecule has 5 N–H and O–H groups in total. The Morgan fingerprint density at radius 1 is 1.17 bits per heavy atom. The summed E-state index contributed by atoms with van der Waals surface area (Å²) in [6, 6.07) is 4.90. The number of amidine groups is 1. The van der Waals surface area contributed by atoms with Gasteiger partial charge >= 0.3 is 13.1 Å². The third kappa shape index (κ3) is 5.59. The monoisotopic (exact) mass is 400 g/mol. The molecule has 1 saturated carbocycles. The van der Waals surface area contributed by atoms with Crippen LogP contribution in [0.3, 0.4) is 0 Å². The Balaban J connectivity index is 1.50. The van der Waals surface area contributed by atoms with Crippen molar-refractivity contribution in [1.82, 2.24) is 0 Å². The van der Waals surface area contributed by atoms with Crippen molar-refractivity contribution in [2.24, 2.45) is 17.6 Å². The average molecular weight is 400 g/mol. The lowest BCUT2D eigenvalue weighted by Gasteiger charge is -2.30. The molecule has 0 unspecified atom stereocenters. The van der Waals surface area contributed by atoms with E-state index in [1.165, 1.54) is 6.07 Å². The molecule has 156 valence electrons. The second kappa shape index (κ2) is 9.44. The number of fused-ring (bicyclic) bond motifs is 1. The number of para-hydroxylation sites is 1. The van der Waals surface area contributed by atoms with Crippen molar-refractivity contribution >= 4 is 24.7 Å². The molecule has 1 fully saturated rings. The van der Waals surface area contributed by atoms with Crippen LogP contribution in [0.5, 0.6) is 5.75 Å². The van der Waals surface area contributed by atoms with Crippen molar-refractivity contribution in [2.45, 2.75) is 63.6 Å². The van der Waals surface area contributed by atoms with E-state index in [1.54, 1.807) is 12.1 Å². The minimum absolute atomic E-state index is 0.0351. The number of carboxylic acids is 1. The topological polar surface area (TPSA) is 134 Å². The van der Waals surface area contributed by atoms with Crippen LogP contribution in [0, 0.1) is 17.2 Å². The number of nitrogens with one attached hydrogen (secondary N) is 1. The van der Waals surface area contributed by atoms with Gasteiger partial charge in [-0.25, -0.2) is 4.79 Å². The number of aromatic carboxylic acids is 1. The van der Waals surface area contributed by atoms with Gasteiger partial charge in [0, 0.05) is 25.1 Å². The van der Waals surface area contributed by atoms with Gasteiger partial charge in [-0.15, -0.1) is 0 Å². The number of Topliss-reactive ketones (excluding diaryl/α,β-unsaturated/α-hetero) is 1. The number of benzene rings is 1. The maximum Gasteiger partial charge on any atom is 0.526 e. The molecular weight excluding hydrogens is 371 g/mol. The van der Waals surface area contributed by atoms with Gasteiger partial charge in [0.2, 0.25) is 0 Å². The first kappa shape index (κ1) is 21.4. The van der Waals surface area contributed by atoms with Crippen molar-refractivity contribution < 1.29 is 24.4 Å². The van der Waals surface area contributed by atoms with Gasteiger partial charge in [0.05, 0.1) is 11.4 Å². The van der Waals surface area contributed by atoms with Crippen LogP contribution in [0.15, 0.2) is 18.2 Å². The zero-order valence-electron chi connectivity index (χ0n) is 16.6. The van der Waals surface area contributed by atoms with Gasteiger partial charge in [-0.1, -0.05) is 25.0 Å². The largest absolute Gasteiger partial charge is 0.535 e. The molecule has 1 aromatic rings. The Kier molecular flexibility index (Phi) is 6.95. The van der Waals surface area contributed by atoms with Gasteiger partial charge in [-0.05, 0) is 49.1 Å². The lowest BCUT2D eigenvalue weighted by atomic mass is 9.64. The van der Waals surface area contributed by atoms with Gasteiger partial charge in [0.1, 0.15) is 11.5 Å². The summed E-state index contributed by atoms with van der Waals surface area (Å²) in [6.45, 7) is 0. The van der Waals surface area contributed by atoms with E-state index in [0.717, 1.165) is 37.7 Å². The highest BCUT2D eigenvalue weighted by atomic mass is 16.5. The van der Waals surface area contributed by atoms with Crippen LogP contribution < -0.4 is 10.4 Å². The Morgan fingerprint density at radius 3 is 2.52 bits per heavy atom. The summed E-state index contributed by atoms with van der Waals surface area (Å²) < 4.78 is 5.48. The molecule has 0 saturated heterocycles. The highest BCUT2D eigenvalue weighted by Crippen LogP contribution is 2.38. The maximum absolute atomic E-state index is 12.6. The second-order valence-electron chi connectivity index (χ2n) is 8.47. The predicted molar refractivity (Wildman–Crippen MR) is 110 cm³/mol. The molecule has 2 aliphatic rings. The standard InChI is InChI=1S/C21H29BN2O5/c23-19(24)9-8-13-4-6-14(7-5-13)10-17(25)12-16-11-15-2-1-3-18(21(26)27)20(15)29-22(16)28/h1-3,13-14,16,28H,4-12H2,(H3,23,24)(H,26,27)/t13?,14?,16-/m1/s1. The smallest absolute Gasteiger partial charge is 0.526 e. The molecule has 8 heteroatoms. The lowest BCUT2D eigenvalue weighted by molar-refractivity contribution is -0.120. The van der Waals surface area contributed by atoms with Crippen LogP contribution >= 0.6 is 0 Å². The van der Waals surface area contributed by atoms with E-state index >= 15 is 0 Å². The zero-order valence-corrected chi connectivity index (χ0v) is 16.6. The quantitative estimate of drug-likeness (QED) is 0.301. The van der Waals surface area contributed by atoms with Crippen molar-refractivity contribution in [3.63, 3.8) is 0 Å². The van der Waals surface area contributed by atoms with E-state index in [9.17, 15) is 19.7 Å². The van der Waals surface area contributed by atoms with Crippen molar-refractivity contribution in [2.75, 3.05) is 0 Å². The summed E-state index contributed by atoms with van der Waals surface area (Å²) in [5.41, 5.74) is 6.19. The first-order valence-corrected chi connectivity index (χ1v) is 10.4. The van der Waals surface area contributed by atoms with E-state index < -0.39 is 13.1 Å². The number of hydrogen-bond acceptors (Lipinski definition) is 5. The Bertz CT molecular complexity index is 776. The molecule has 29 heavy (non-hydrogen) atoms. The maximum atomic E-state index is 12.6. The Morgan fingerprint density at radius 2 is 1.86 bits per heavy atom. The van der Waals surface area contributed by atoms with Crippen LogP contribution in [0.25, 0.3) is 0 Å². The number of ketones is 1. The minimum atomic E-state index is -1.17. The first-order valence-electron chi connectivity index (χ1n) is 10.4. The summed E-state index contributed by atoms with van der Waals surface area (Å²) in [4.78, 5) is 23.9. The fraction of sp³-hybridized carbons (Fsp3) is 0.571. The Hall–Kier alpha value is -2.35. The van der Waals surface area contributed by atoms with Gasteiger partial charge in [0.25, 0.3) is 0 Å². The molecule has 1 aliphatic carbocycles. The van der Waals surface area contributed by atoms with Crippen LogP contribution in [-0.4, -0.2) is 34.8 Å². The van der Waals surface area contributed by atoms with Crippen molar-refractivity contribution in [3.8, 4) is 5.75 Å². The van der Waals surface area contributed by atoms with Gasteiger partial charge in [-0.2, -0.15) is 0 Å². The third-order valence-electron chi connectivity index (χ3n) is 6.25. The van der Waals surface area contributed by atoms with E-state index in [2.05, 4.69) is 0 Å². The number of hydrogen-bond donors (Lipinski definition) is 4. The molecule has 1 atom stereocenters. The van der Waals surface area contributed by atoms with Crippen LogP contribution in [0.1, 0.15) is 67.3 Å². The van der Waals surface area contributed by atoms with Gasteiger partial charge in [-0.3, -0.25) is 10.2 Å². The zero-order chi connectivity index (χ0) is 21.0. The molecule has 3 rings (SSSR count).